The number of rotatable bonds is 9. The molecule has 214 valence electrons. The van der Waals surface area contributed by atoms with E-state index in [1.54, 1.807) is 13.1 Å². The number of nitrogens with one attached hydrogen (secondary N) is 3. The first kappa shape index (κ1) is 28.9. The third-order valence-corrected chi connectivity index (χ3v) is 10.2. The van der Waals surface area contributed by atoms with Crippen LogP contribution in [0.2, 0.25) is 0 Å². The van der Waals surface area contributed by atoms with Crippen LogP contribution in [0.3, 0.4) is 0 Å². The number of halogens is 1. The average molecular weight is 650 g/mol. The lowest BCUT2D eigenvalue weighted by molar-refractivity contribution is 0.475. The lowest BCUT2D eigenvalue weighted by Gasteiger charge is -2.17. The van der Waals surface area contributed by atoms with Crippen molar-refractivity contribution in [2.45, 2.75) is 46.7 Å². The number of aromatic amines is 1. The molecule has 1 fully saturated rings. The van der Waals surface area contributed by atoms with Gasteiger partial charge in [0.25, 0.3) is 0 Å². The van der Waals surface area contributed by atoms with Gasteiger partial charge in [0, 0.05) is 65.8 Å². The largest absolute Gasteiger partial charge is 0.760 e. The zero-order valence-corrected chi connectivity index (χ0v) is 25.8. The van der Waals surface area contributed by atoms with Crippen LogP contribution < -0.4 is 10.0 Å². The minimum absolute atomic E-state index is 0.0381. The van der Waals surface area contributed by atoms with Crippen LogP contribution in [0.5, 0.6) is 0 Å². The number of aryl methyl sites for hydroxylation is 2. The highest BCUT2D eigenvalue weighted by molar-refractivity contribution is 9.10. The predicted molar refractivity (Wildman–Crippen MR) is 159 cm³/mol. The topological polar surface area (TPSA) is 148 Å². The van der Waals surface area contributed by atoms with Crippen molar-refractivity contribution in [1.82, 2.24) is 28.5 Å². The van der Waals surface area contributed by atoms with Crippen LogP contribution in [0.4, 0.5) is 5.69 Å². The highest BCUT2D eigenvalue weighted by Crippen LogP contribution is 2.35. The fourth-order valence-electron chi connectivity index (χ4n) is 5.21. The summed E-state index contributed by atoms with van der Waals surface area (Å²) in [7, 11) is -3.23. The summed E-state index contributed by atoms with van der Waals surface area (Å²) in [5, 5.41) is 3.51. The molecule has 0 radical (unpaired) electrons. The normalized spacial score (nSPS) is 17.1. The monoisotopic (exact) mass is 648 g/mol. The summed E-state index contributed by atoms with van der Waals surface area (Å²) in [6.07, 6.45) is 2.40. The maximum absolute atomic E-state index is 12.3. The van der Waals surface area contributed by atoms with Gasteiger partial charge in [-0.1, -0.05) is 12.1 Å². The Kier molecular flexibility index (Phi) is 8.19. The van der Waals surface area contributed by atoms with Crippen LogP contribution >= 0.6 is 15.9 Å². The summed E-state index contributed by atoms with van der Waals surface area (Å²) in [6, 6.07) is 7.91. The molecule has 5 rings (SSSR count). The van der Waals surface area contributed by atoms with Crippen molar-refractivity contribution in [1.29, 1.82) is 0 Å². The third-order valence-electron chi connectivity index (χ3n) is 7.33. The molecule has 3 N–H and O–H groups in total. The Bertz CT molecular complexity index is 1720. The molecule has 3 aromatic heterocycles. The second-order valence-electron chi connectivity index (χ2n) is 9.95. The van der Waals surface area contributed by atoms with Crippen molar-refractivity contribution in [2.75, 3.05) is 24.2 Å². The molecule has 1 unspecified atom stereocenters. The van der Waals surface area contributed by atoms with Gasteiger partial charge in [0.05, 0.1) is 15.9 Å². The summed E-state index contributed by atoms with van der Waals surface area (Å²) in [5.41, 5.74) is 7.85. The van der Waals surface area contributed by atoms with E-state index in [9.17, 15) is 17.2 Å². The van der Waals surface area contributed by atoms with Gasteiger partial charge in [-0.2, -0.15) is 4.31 Å². The van der Waals surface area contributed by atoms with Crippen molar-refractivity contribution in [2.24, 2.45) is 0 Å². The van der Waals surface area contributed by atoms with Gasteiger partial charge < -0.3 is 19.4 Å². The van der Waals surface area contributed by atoms with Gasteiger partial charge in [-0.25, -0.2) is 23.1 Å². The molecule has 0 amide bonds. The van der Waals surface area contributed by atoms with E-state index in [0.717, 1.165) is 49.4 Å². The molecule has 0 spiro atoms. The number of imidazole rings is 1. The smallest absolute Gasteiger partial charge is 0.213 e. The molecule has 1 aliphatic rings. The number of benzene rings is 1. The number of pyridine rings is 1. The summed E-state index contributed by atoms with van der Waals surface area (Å²) in [4.78, 5) is 12.8. The lowest BCUT2D eigenvalue weighted by atomic mass is 10.1. The second kappa shape index (κ2) is 11.3. The molecule has 1 aromatic carbocycles. The van der Waals surface area contributed by atoms with Gasteiger partial charge in [0.15, 0.2) is 5.65 Å². The van der Waals surface area contributed by atoms with Gasteiger partial charge in [-0.05, 0) is 73.3 Å². The van der Waals surface area contributed by atoms with Crippen molar-refractivity contribution >= 4 is 54.1 Å². The van der Waals surface area contributed by atoms with Crippen molar-refractivity contribution in [3.8, 4) is 17.1 Å². The number of fused-ring (bicyclic) bond motifs is 1. The quantitative estimate of drug-likeness (QED) is 0.234. The first-order chi connectivity index (χ1) is 19.0. The lowest BCUT2D eigenvalue weighted by Crippen LogP contribution is -2.32. The van der Waals surface area contributed by atoms with Crippen LogP contribution in [0.1, 0.15) is 35.9 Å². The zero-order chi connectivity index (χ0) is 28.8. The molecule has 11 nitrogen and oxygen atoms in total. The van der Waals surface area contributed by atoms with E-state index in [1.807, 2.05) is 39.0 Å². The molecule has 0 saturated carbocycles. The predicted octanol–water partition coefficient (Wildman–Crippen LogP) is 3.82. The maximum atomic E-state index is 12.3. The van der Waals surface area contributed by atoms with Crippen molar-refractivity contribution < 1.29 is 17.2 Å². The zero-order valence-electron chi connectivity index (χ0n) is 22.6. The Labute approximate surface area is 244 Å². The summed E-state index contributed by atoms with van der Waals surface area (Å²) < 4.78 is 53.5. The highest BCUT2D eigenvalue weighted by Gasteiger charge is 2.31. The molecule has 4 aromatic rings. The molecule has 1 saturated heterocycles. The van der Waals surface area contributed by atoms with E-state index in [4.69, 9.17) is 4.98 Å². The maximum Gasteiger partial charge on any atom is 0.213 e. The SMILES string of the molecule is CCS(=O)(=O)N1CC[C@H](Nc2c(Br)cnc3nc(-c4cc(C)n(-c5cc(CNS(=O)[O-])ccc5C)c4C)[nH]c23)C1. The first-order valence-electron chi connectivity index (χ1n) is 12.9. The number of hydrogen-bond donors (Lipinski definition) is 3. The van der Waals surface area contributed by atoms with Crippen LogP contribution in [-0.4, -0.2) is 65.9 Å². The van der Waals surface area contributed by atoms with E-state index in [-0.39, 0.29) is 18.3 Å². The van der Waals surface area contributed by atoms with Crippen LogP contribution in [-0.2, 0) is 27.8 Å². The fraction of sp³-hybridized carbons (Fsp3) is 0.385. The van der Waals surface area contributed by atoms with Gasteiger partial charge in [-0.3, -0.25) is 4.21 Å². The molecule has 40 heavy (non-hydrogen) atoms. The standard InChI is InChI=1S/C26H32BrN7O4S2/c1-5-40(37,38)33-9-8-19(14-33)30-23-21(27)13-28-26-24(23)31-25(32-26)20-10-16(3)34(17(20)4)22-11-18(7-6-15(22)2)12-29-39(35)36/h6-7,10-11,13,19,29H,5,8-9,12,14H2,1-4H3,(H,35,36)(H2,28,30,31,32)/p-1/t19-/m0/s1. The van der Waals surface area contributed by atoms with Crippen LogP contribution in [0.15, 0.2) is 34.9 Å². The fourth-order valence-corrected chi connectivity index (χ4v) is 7.06. The molecule has 2 atom stereocenters. The molecule has 0 aliphatic carbocycles. The van der Waals surface area contributed by atoms with Crippen molar-refractivity contribution in [3.05, 3.63) is 57.4 Å². The van der Waals surface area contributed by atoms with Gasteiger partial charge in [0.1, 0.15) is 11.3 Å². The molecular formula is C26H31BrN7O4S2-. The van der Waals surface area contributed by atoms with E-state index in [1.165, 1.54) is 4.31 Å². The van der Waals surface area contributed by atoms with Gasteiger partial charge in [-0.15, -0.1) is 0 Å². The Balaban J connectivity index is 1.49. The third kappa shape index (κ3) is 5.60. The summed E-state index contributed by atoms with van der Waals surface area (Å²) in [6.45, 7) is 8.84. The van der Waals surface area contributed by atoms with E-state index < -0.39 is 21.3 Å². The summed E-state index contributed by atoms with van der Waals surface area (Å²) >= 11 is 1.27. The van der Waals surface area contributed by atoms with E-state index >= 15 is 0 Å². The Morgan fingerprint density at radius 2 is 2.02 bits per heavy atom. The number of anilines is 1. The van der Waals surface area contributed by atoms with Crippen LogP contribution in [0, 0.1) is 20.8 Å². The molecule has 14 heteroatoms. The Morgan fingerprint density at radius 3 is 2.75 bits per heavy atom. The highest BCUT2D eigenvalue weighted by atomic mass is 79.9. The Hall–Kier alpha value is -2.62. The minimum atomic E-state index is -3.23. The molecule has 0 bridgehead atoms. The van der Waals surface area contributed by atoms with Gasteiger partial charge >= 0.3 is 0 Å². The number of aromatic nitrogens is 4. The van der Waals surface area contributed by atoms with Gasteiger partial charge in [0.2, 0.25) is 10.0 Å². The number of H-pyrrole nitrogens is 1. The molecular weight excluding hydrogens is 618 g/mol. The number of hydrogen-bond acceptors (Lipinski definition) is 7. The van der Waals surface area contributed by atoms with E-state index in [2.05, 4.69) is 46.6 Å². The van der Waals surface area contributed by atoms with Crippen molar-refractivity contribution in [3.63, 3.8) is 0 Å². The van der Waals surface area contributed by atoms with E-state index in [0.29, 0.717) is 31.0 Å². The minimum Gasteiger partial charge on any atom is -0.760 e. The summed E-state index contributed by atoms with van der Waals surface area (Å²) in [5.74, 6) is 0.759. The number of sulfonamides is 1. The molecule has 4 heterocycles. The molecule has 1 aliphatic heterocycles. The first-order valence-corrected chi connectivity index (χ1v) is 16.4. The number of nitrogens with zero attached hydrogens (tertiary/aromatic N) is 4. The van der Waals surface area contributed by atoms with Crippen LogP contribution in [0.25, 0.3) is 28.2 Å². The second-order valence-corrected chi connectivity index (χ2v) is 13.8. The Morgan fingerprint density at radius 1 is 1.25 bits per heavy atom. The average Bonchev–Trinajstić information content (AvgIpc) is 3.63.